The molecule has 0 saturated heterocycles. The highest BCUT2D eigenvalue weighted by Gasteiger charge is 2.18. The topological polar surface area (TPSA) is 69.8 Å². The average molecular weight is 303 g/mol. The van der Waals surface area contributed by atoms with Gasteiger partial charge < -0.3 is 9.13 Å². The van der Waals surface area contributed by atoms with Crippen LogP contribution in [0.5, 0.6) is 0 Å². The number of hydrogen-bond donors (Lipinski definition) is 0. The summed E-state index contributed by atoms with van der Waals surface area (Å²) < 4.78 is 26.3. The highest BCUT2D eigenvalue weighted by atomic mass is 35.7. The Bertz CT molecular complexity index is 675. The van der Waals surface area contributed by atoms with Gasteiger partial charge in [0, 0.05) is 42.7 Å². The quantitative estimate of drug-likeness (QED) is 0.786. The summed E-state index contributed by atoms with van der Waals surface area (Å²) in [6.07, 6.45) is 6.56. The molecule has 0 N–H and O–H groups in total. The lowest BCUT2D eigenvalue weighted by molar-refractivity contribution is 0.606. The van der Waals surface area contributed by atoms with E-state index >= 15 is 0 Å². The smallest absolute Gasteiger partial charge is 0.280 e. The van der Waals surface area contributed by atoms with E-state index < -0.39 is 9.05 Å². The third-order valence-corrected chi connectivity index (χ3v) is 3.96. The summed E-state index contributed by atoms with van der Waals surface area (Å²) in [5.41, 5.74) is 0. The highest BCUT2D eigenvalue weighted by Crippen LogP contribution is 2.16. The standard InChI is InChI=1S/C11H15ClN4O2S/c1-3-4-9-14-11(19(12,17)18)8-16(9)7-10-13-5-6-15(10)2/h5-6,8H,3-4,7H2,1-2H3. The van der Waals surface area contributed by atoms with Crippen molar-refractivity contribution in [3.8, 4) is 0 Å². The van der Waals surface area contributed by atoms with Crippen LogP contribution in [0.3, 0.4) is 0 Å². The van der Waals surface area contributed by atoms with E-state index in [-0.39, 0.29) is 5.03 Å². The molecule has 2 rings (SSSR count). The predicted octanol–water partition coefficient (Wildman–Crippen LogP) is 1.54. The lowest BCUT2D eigenvalue weighted by atomic mass is 10.3. The fraction of sp³-hybridized carbons (Fsp3) is 0.455. The molecule has 0 radical (unpaired) electrons. The molecule has 6 nitrogen and oxygen atoms in total. The Morgan fingerprint density at radius 1 is 1.37 bits per heavy atom. The molecule has 104 valence electrons. The van der Waals surface area contributed by atoms with Gasteiger partial charge in [0.2, 0.25) is 0 Å². The number of halogens is 1. The monoisotopic (exact) mass is 302 g/mol. The maximum atomic E-state index is 11.3. The fourth-order valence-electron chi connectivity index (χ4n) is 1.81. The molecule has 0 aliphatic carbocycles. The summed E-state index contributed by atoms with van der Waals surface area (Å²) in [5.74, 6) is 1.53. The van der Waals surface area contributed by atoms with Crippen molar-refractivity contribution >= 4 is 19.7 Å². The third kappa shape index (κ3) is 3.16. The van der Waals surface area contributed by atoms with Crippen LogP contribution < -0.4 is 0 Å². The van der Waals surface area contributed by atoms with Crippen LogP contribution >= 0.6 is 10.7 Å². The van der Waals surface area contributed by atoms with Crippen molar-refractivity contribution in [2.45, 2.75) is 31.3 Å². The van der Waals surface area contributed by atoms with Crippen LogP contribution in [0.1, 0.15) is 25.0 Å². The van der Waals surface area contributed by atoms with Crippen LogP contribution in [0.2, 0.25) is 0 Å². The minimum absolute atomic E-state index is 0.105. The van der Waals surface area contributed by atoms with Crippen molar-refractivity contribution in [1.82, 2.24) is 19.1 Å². The first kappa shape index (κ1) is 14.1. The van der Waals surface area contributed by atoms with Gasteiger partial charge >= 0.3 is 0 Å². The number of imidazole rings is 2. The normalized spacial score (nSPS) is 11.9. The molecular weight excluding hydrogens is 288 g/mol. The van der Waals surface area contributed by atoms with Crippen LogP contribution in [0, 0.1) is 0 Å². The zero-order valence-electron chi connectivity index (χ0n) is 10.7. The predicted molar refractivity (Wildman–Crippen MR) is 71.6 cm³/mol. The summed E-state index contributed by atoms with van der Waals surface area (Å²) in [4.78, 5) is 8.30. The van der Waals surface area contributed by atoms with E-state index in [0.717, 1.165) is 12.2 Å². The lowest BCUT2D eigenvalue weighted by Crippen LogP contribution is -2.08. The number of nitrogens with zero attached hydrogens (tertiary/aromatic N) is 4. The van der Waals surface area contributed by atoms with Crippen molar-refractivity contribution in [1.29, 1.82) is 0 Å². The summed E-state index contributed by atoms with van der Waals surface area (Å²) in [6, 6.07) is 0. The average Bonchev–Trinajstić information content (AvgIpc) is 2.88. The van der Waals surface area contributed by atoms with Crippen molar-refractivity contribution < 1.29 is 8.42 Å². The van der Waals surface area contributed by atoms with Crippen LogP contribution in [0.25, 0.3) is 0 Å². The molecule has 2 aromatic rings. The summed E-state index contributed by atoms with van der Waals surface area (Å²) >= 11 is 0. The maximum Gasteiger partial charge on any atom is 0.280 e. The van der Waals surface area contributed by atoms with E-state index in [1.807, 2.05) is 24.7 Å². The van der Waals surface area contributed by atoms with E-state index in [1.165, 1.54) is 6.20 Å². The van der Waals surface area contributed by atoms with Gasteiger partial charge in [0.15, 0.2) is 5.03 Å². The van der Waals surface area contributed by atoms with Gasteiger partial charge in [-0.3, -0.25) is 0 Å². The number of aryl methyl sites for hydroxylation is 2. The molecule has 0 unspecified atom stereocenters. The zero-order valence-corrected chi connectivity index (χ0v) is 12.3. The molecule has 0 aliphatic heterocycles. The molecule has 8 heteroatoms. The Balaban J connectivity index is 2.38. The van der Waals surface area contributed by atoms with Crippen molar-refractivity contribution in [2.75, 3.05) is 0 Å². The van der Waals surface area contributed by atoms with E-state index in [0.29, 0.717) is 18.8 Å². The Kier molecular flexibility index (Phi) is 3.96. The van der Waals surface area contributed by atoms with Gasteiger partial charge in [-0.2, -0.15) is 0 Å². The fourth-order valence-corrected chi connectivity index (χ4v) is 2.50. The first-order chi connectivity index (χ1) is 8.91. The molecule has 0 aliphatic rings. The van der Waals surface area contributed by atoms with E-state index in [4.69, 9.17) is 10.7 Å². The summed E-state index contributed by atoms with van der Waals surface area (Å²) in [5, 5.41) is -0.105. The van der Waals surface area contributed by atoms with Gasteiger partial charge in [0.1, 0.15) is 11.6 Å². The Morgan fingerprint density at radius 2 is 2.11 bits per heavy atom. The van der Waals surface area contributed by atoms with Crippen molar-refractivity contribution in [3.63, 3.8) is 0 Å². The molecule has 0 aromatic carbocycles. The second kappa shape index (κ2) is 5.34. The second-order valence-electron chi connectivity index (χ2n) is 4.27. The molecule has 0 spiro atoms. The summed E-state index contributed by atoms with van der Waals surface area (Å²) in [7, 11) is 3.42. The molecule has 0 fully saturated rings. The van der Waals surface area contributed by atoms with E-state index in [1.54, 1.807) is 10.8 Å². The number of rotatable bonds is 5. The SMILES string of the molecule is CCCc1nc(S(=O)(=O)Cl)cn1Cc1nccn1C. The van der Waals surface area contributed by atoms with Crippen LogP contribution in [-0.2, 0) is 29.1 Å². The number of hydrogen-bond acceptors (Lipinski definition) is 4. The Morgan fingerprint density at radius 3 is 2.63 bits per heavy atom. The zero-order chi connectivity index (χ0) is 14.0. The molecule has 2 heterocycles. The first-order valence-corrected chi connectivity index (χ1v) is 8.19. The Hall–Kier alpha value is -1.34. The van der Waals surface area contributed by atoms with Gasteiger partial charge in [-0.05, 0) is 6.42 Å². The molecule has 0 saturated carbocycles. The summed E-state index contributed by atoms with van der Waals surface area (Å²) in [6.45, 7) is 2.48. The first-order valence-electron chi connectivity index (χ1n) is 5.88. The van der Waals surface area contributed by atoms with Crippen LogP contribution in [0.4, 0.5) is 0 Å². The molecule has 2 aromatic heterocycles. The lowest BCUT2D eigenvalue weighted by Gasteiger charge is -2.06. The molecular formula is C11H15ClN4O2S. The van der Waals surface area contributed by atoms with Crippen LogP contribution in [-0.4, -0.2) is 27.5 Å². The molecule has 0 atom stereocenters. The molecule has 0 amide bonds. The van der Waals surface area contributed by atoms with Crippen molar-refractivity contribution in [3.05, 3.63) is 30.2 Å². The van der Waals surface area contributed by atoms with Crippen molar-refractivity contribution in [2.24, 2.45) is 7.05 Å². The van der Waals surface area contributed by atoms with E-state index in [2.05, 4.69) is 9.97 Å². The van der Waals surface area contributed by atoms with Gasteiger partial charge in [0.05, 0.1) is 6.54 Å². The second-order valence-corrected chi connectivity index (χ2v) is 6.78. The highest BCUT2D eigenvalue weighted by molar-refractivity contribution is 8.13. The minimum Gasteiger partial charge on any atom is -0.337 e. The number of aromatic nitrogens is 4. The van der Waals surface area contributed by atoms with Crippen LogP contribution in [0.15, 0.2) is 23.6 Å². The molecule has 0 bridgehead atoms. The molecule has 19 heavy (non-hydrogen) atoms. The largest absolute Gasteiger partial charge is 0.337 e. The third-order valence-electron chi connectivity index (χ3n) is 2.79. The maximum absolute atomic E-state index is 11.3. The van der Waals surface area contributed by atoms with Gasteiger partial charge in [-0.15, -0.1) is 0 Å². The van der Waals surface area contributed by atoms with E-state index in [9.17, 15) is 8.42 Å². The van der Waals surface area contributed by atoms with Gasteiger partial charge in [0.25, 0.3) is 9.05 Å². The Labute approximate surface area is 116 Å². The van der Waals surface area contributed by atoms with Gasteiger partial charge in [-0.1, -0.05) is 6.92 Å². The minimum atomic E-state index is -3.80. The van der Waals surface area contributed by atoms with Gasteiger partial charge in [-0.25, -0.2) is 18.4 Å².